The van der Waals surface area contributed by atoms with Crippen molar-refractivity contribution < 1.29 is 0 Å². The van der Waals surface area contributed by atoms with Crippen molar-refractivity contribution >= 4 is 0 Å². The van der Waals surface area contributed by atoms with E-state index in [1.165, 1.54) is 212 Å². The second kappa shape index (κ2) is 27.4. The summed E-state index contributed by atoms with van der Waals surface area (Å²) in [6.07, 6.45) is 47.7. The zero-order valence-electron chi connectivity index (χ0n) is 31.9. The predicted molar refractivity (Wildman–Crippen MR) is 205 cm³/mol. The zero-order valence-corrected chi connectivity index (χ0v) is 31.9. The highest BCUT2D eigenvalue weighted by atomic mass is 14.3. The van der Waals surface area contributed by atoms with Gasteiger partial charge in [0.25, 0.3) is 0 Å². The minimum absolute atomic E-state index is 0.817. The molecule has 264 valence electrons. The van der Waals surface area contributed by atoms with E-state index in [0.29, 0.717) is 0 Å². The lowest BCUT2D eigenvalue weighted by atomic mass is 9.81. The largest absolute Gasteiger partial charge is 0.0993 e. The molecule has 45 heavy (non-hydrogen) atoms. The Morgan fingerprint density at radius 3 is 1.60 bits per heavy atom. The third kappa shape index (κ3) is 21.1. The summed E-state index contributed by atoms with van der Waals surface area (Å²) in [5, 5.41) is 0. The van der Waals surface area contributed by atoms with Crippen LogP contribution in [-0.4, -0.2) is 0 Å². The van der Waals surface area contributed by atoms with E-state index in [-0.39, 0.29) is 0 Å². The van der Waals surface area contributed by atoms with Crippen LogP contribution in [-0.2, 0) is 0 Å². The summed E-state index contributed by atoms with van der Waals surface area (Å²) in [7, 11) is 0. The number of hydrogen-bond acceptors (Lipinski definition) is 0. The van der Waals surface area contributed by atoms with E-state index in [4.69, 9.17) is 6.58 Å². The van der Waals surface area contributed by atoms with Gasteiger partial charge >= 0.3 is 0 Å². The first-order chi connectivity index (χ1) is 22.0. The summed E-state index contributed by atoms with van der Waals surface area (Å²) in [5.74, 6) is 3.60. The van der Waals surface area contributed by atoms with Gasteiger partial charge in [-0.25, -0.2) is 0 Å². The highest BCUT2D eigenvalue weighted by Crippen LogP contribution is 2.42. The highest BCUT2D eigenvalue weighted by molar-refractivity contribution is 5.23. The fourth-order valence-corrected chi connectivity index (χ4v) is 8.54. The third-order valence-corrected chi connectivity index (χ3v) is 12.1. The zero-order chi connectivity index (χ0) is 32.4. The van der Waals surface area contributed by atoms with Crippen LogP contribution in [0.1, 0.15) is 240 Å². The standard InChI is InChI=1S/C45H84/c1-6-8-10-12-20-26-32-44(33-27-21-13-11-9-7-2)41(5)45-35-34-42(38-45)31-25-19-15-17-23-29-39(3)28-22-16-14-18-24-30-40(4)43-36-37-43/h39,42,44-45H,5-38H2,1-4H3. The number of rotatable bonds is 32. The number of hydrogen-bond donors (Lipinski definition) is 0. The van der Waals surface area contributed by atoms with Gasteiger partial charge < -0.3 is 0 Å². The van der Waals surface area contributed by atoms with Crippen LogP contribution in [0.4, 0.5) is 0 Å². The van der Waals surface area contributed by atoms with Crippen LogP contribution < -0.4 is 0 Å². The summed E-state index contributed by atoms with van der Waals surface area (Å²) in [5.41, 5.74) is 5.18. The molecule has 0 spiro atoms. The van der Waals surface area contributed by atoms with Crippen molar-refractivity contribution in [2.45, 2.75) is 240 Å². The second-order valence-corrected chi connectivity index (χ2v) is 16.4. The minimum Gasteiger partial charge on any atom is -0.0993 e. The molecule has 3 atom stereocenters. The van der Waals surface area contributed by atoms with Crippen LogP contribution in [0.15, 0.2) is 23.3 Å². The predicted octanol–water partition coefficient (Wildman–Crippen LogP) is 16.3. The maximum absolute atomic E-state index is 4.82. The lowest BCUT2D eigenvalue weighted by Gasteiger charge is -2.25. The van der Waals surface area contributed by atoms with Gasteiger partial charge in [-0.15, -0.1) is 0 Å². The molecule has 2 aliphatic carbocycles. The fourth-order valence-electron chi connectivity index (χ4n) is 8.54. The molecule has 0 heteroatoms. The van der Waals surface area contributed by atoms with Gasteiger partial charge in [0.05, 0.1) is 0 Å². The first-order valence-electron chi connectivity index (χ1n) is 21.4. The quantitative estimate of drug-likeness (QED) is 0.0516. The summed E-state index contributed by atoms with van der Waals surface area (Å²) in [6, 6.07) is 0. The first-order valence-corrected chi connectivity index (χ1v) is 21.4. The normalized spacial score (nSPS) is 18.6. The lowest BCUT2D eigenvalue weighted by Crippen LogP contribution is -2.12. The SMILES string of the molecule is C=C(C(CCCCCCCC)CCCCCCCC)C1CCC(CCCCCCCC(C)CCCCCCCC(C)=C2CC2)C1. The highest BCUT2D eigenvalue weighted by Gasteiger charge is 2.29. The monoisotopic (exact) mass is 625 g/mol. The summed E-state index contributed by atoms with van der Waals surface area (Å²) < 4.78 is 0. The fraction of sp³-hybridized carbons (Fsp3) is 0.911. The first kappa shape index (κ1) is 40.7. The Balaban J connectivity index is 1.49. The van der Waals surface area contributed by atoms with E-state index in [2.05, 4.69) is 27.7 Å². The Bertz CT molecular complexity index is 704. The number of unbranched alkanes of at least 4 members (excludes halogenated alkanes) is 18. The van der Waals surface area contributed by atoms with Gasteiger partial charge in [-0.05, 0) is 88.4 Å². The molecule has 2 fully saturated rings. The molecular weight excluding hydrogens is 540 g/mol. The van der Waals surface area contributed by atoms with Gasteiger partial charge in [-0.2, -0.15) is 0 Å². The van der Waals surface area contributed by atoms with Crippen LogP contribution in [0.2, 0.25) is 0 Å². The second-order valence-electron chi connectivity index (χ2n) is 16.4. The molecular formula is C45H84. The molecule has 2 rings (SSSR count). The van der Waals surface area contributed by atoms with Crippen molar-refractivity contribution in [1.82, 2.24) is 0 Å². The third-order valence-electron chi connectivity index (χ3n) is 12.1. The summed E-state index contributed by atoms with van der Waals surface area (Å²) in [6.45, 7) is 14.4. The van der Waals surface area contributed by atoms with Crippen molar-refractivity contribution in [2.24, 2.45) is 23.7 Å². The van der Waals surface area contributed by atoms with Crippen LogP contribution in [0.5, 0.6) is 0 Å². The molecule has 0 saturated heterocycles. The van der Waals surface area contributed by atoms with Crippen molar-refractivity contribution in [1.29, 1.82) is 0 Å². The molecule has 0 aromatic rings. The number of allylic oxidation sites excluding steroid dienone is 3. The summed E-state index contributed by atoms with van der Waals surface area (Å²) in [4.78, 5) is 0. The Morgan fingerprint density at radius 2 is 1.07 bits per heavy atom. The molecule has 2 aliphatic rings. The molecule has 0 bridgehead atoms. The van der Waals surface area contributed by atoms with Crippen molar-refractivity contribution in [3.8, 4) is 0 Å². The van der Waals surface area contributed by atoms with E-state index in [0.717, 1.165) is 23.7 Å². The van der Waals surface area contributed by atoms with Crippen LogP contribution in [0, 0.1) is 23.7 Å². The van der Waals surface area contributed by atoms with Gasteiger partial charge in [0.15, 0.2) is 0 Å². The minimum atomic E-state index is 0.817. The Hall–Kier alpha value is -0.520. The van der Waals surface area contributed by atoms with Crippen molar-refractivity contribution in [3.05, 3.63) is 23.3 Å². The van der Waals surface area contributed by atoms with E-state index >= 15 is 0 Å². The van der Waals surface area contributed by atoms with E-state index in [9.17, 15) is 0 Å². The molecule has 0 radical (unpaired) electrons. The Morgan fingerprint density at radius 1 is 0.600 bits per heavy atom. The van der Waals surface area contributed by atoms with E-state index in [1.54, 1.807) is 16.7 Å². The van der Waals surface area contributed by atoms with E-state index < -0.39 is 0 Å². The molecule has 0 N–H and O–H groups in total. The van der Waals surface area contributed by atoms with Gasteiger partial charge in [0, 0.05) is 0 Å². The van der Waals surface area contributed by atoms with E-state index in [1.807, 2.05) is 0 Å². The van der Waals surface area contributed by atoms with Crippen LogP contribution in [0.25, 0.3) is 0 Å². The van der Waals surface area contributed by atoms with Gasteiger partial charge in [0.2, 0.25) is 0 Å². The molecule has 0 aromatic heterocycles. The van der Waals surface area contributed by atoms with Gasteiger partial charge in [-0.1, -0.05) is 198 Å². The molecule has 3 unspecified atom stereocenters. The molecule has 0 aliphatic heterocycles. The van der Waals surface area contributed by atoms with Crippen LogP contribution >= 0.6 is 0 Å². The molecule has 0 nitrogen and oxygen atoms in total. The van der Waals surface area contributed by atoms with Crippen molar-refractivity contribution in [2.75, 3.05) is 0 Å². The van der Waals surface area contributed by atoms with Gasteiger partial charge in [0.1, 0.15) is 0 Å². The average molecular weight is 625 g/mol. The molecule has 0 aromatic carbocycles. The molecule has 2 saturated carbocycles. The Labute approximate surface area is 285 Å². The maximum atomic E-state index is 4.82. The average Bonchev–Trinajstić information content (AvgIpc) is 3.79. The lowest BCUT2D eigenvalue weighted by molar-refractivity contribution is 0.398. The van der Waals surface area contributed by atoms with Gasteiger partial charge in [-0.3, -0.25) is 0 Å². The van der Waals surface area contributed by atoms with Crippen LogP contribution in [0.3, 0.4) is 0 Å². The smallest absolute Gasteiger partial charge is 0.0200 e. The molecule has 0 amide bonds. The molecule has 0 heterocycles. The van der Waals surface area contributed by atoms with Crippen molar-refractivity contribution in [3.63, 3.8) is 0 Å². The summed E-state index contributed by atoms with van der Waals surface area (Å²) >= 11 is 0. The topological polar surface area (TPSA) is 0 Å². The maximum Gasteiger partial charge on any atom is -0.0200 e. The Kier molecular flexibility index (Phi) is 24.8.